The van der Waals surface area contributed by atoms with E-state index in [1.807, 2.05) is 19.1 Å². The lowest BCUT2D eigenvalue weighted by molar-refractivity contribution is -0.155. The lowest BCUT2D eigenvalue weighted by Gasteiger charge is -2.18. The zero-order valence-electron chi connectivity index (χ0n) is 11.7. The third kappa shape index (κ3) is 3.51. The summed E-state index contributed by atoms with van der Waals surface area (Å²) in [7, 11) is 0. The summed E-state index contributed by atoms with van der Waals surface area (Å²) in [4.78, 5) is 25.6. The van der Waals surface area contributed by atoms with Crippen molar-refractivity contribution >= 4 is 28.6 Å². The molecule has 0 fully saturated rings. The average Bonchev–Trinajstić information content (AvgIpc) is 2.75. The zero-order valence-corrected chi connectivity index (χ0v) is 11.7. The molecule has 5 N–H and O–H groups in total. The highest BCUT2D eigenvalue weighted by Crippen LogP contribution is 2.19. The highest BCUT2D eigenvalue weighted by Gasteiger charge is 2.30. The second-order valence-electron chi connectivity index (χ2n) is 5.14. The normalized spacial score (nSPS) is 13.7. The maximum absolute atomic E-state index is 11.7. The molecule has 1 atom stereocenters. The van der Waals surface area contributed by atoms with Crippen LogP contribution in [0.25, 0.3) is 10.9 Å². The molecule has 1 unspecified atom stereocenters. The molecule has 0 bridgehead atoms. The molecule has 0 spiro atoms. The van der Waals surface area contributed by atoms with Crippen LogP contribution in [-0.4, -0.2) is 39.3 Å². The number of nitrogens with one attached hydrogen (secondary N) is 3. The number of carbonyl (C=O) groups is 2. The predicted molar refractivity (Wildman–Crippen MR) is 78.3 cm³/mol. The van der Waals surface area contributed by atoms with Crippen molar-refractivity contribution in [1.29, 1.82) is 0 Å². The van der Waals surface area contributed by atoms with Crippen molar-refractivity contribution in [2.75, 3.05) is 11.9 Å². The van der Waals surface area contributed by atoms with Gasteiger partial charge in [0, 0.05) is 22.3 Å². The van der Waals surface area contributed by atoms with E-state index in [0.29, 0.717) is 5.69 Å². The topological polar surface area (TPSA) is 114 Å². The van der Waals surface area contributed by atoms with Crippen LogP contribution in [0.3, 0.4) is 0 Å². The number of aromatic nitrogens is 1. The molecule has 7 heteroatoms. The van der Waals surface area contributed by atoms with Crippen LogP contribution >= 0.6 is 0 Å². The van der Waals surface area contributed by atoms with Gasteiger partial charge in [0.15, 0.2) is 5.60 Å². The molecule has 112 valence electrons. The second kappa shape index (κ2) is 5.45. The quantitative estimate of drug-likeness (QED) is 0.586. The zero-order chi connectivity index (χ0) is 15.6. The van der Waals surface area contributed by atoms with Gasteiger partial charge in [0.25, 0.3) is 0 Å². The highest BCUT2D eigenvalue weighted by atomic mass is 16.4. The van der Waals surface area contributed by atoms with Gasteiger partial charge in [-0.2, -0.15) is 0 Å². The lowest BCUT2D eigenvalue weighted by Crippen LogP contribution is -2.47. The minimum absolute atomic E-state index is 0.389. The molecule has 0 aliphatic heterocycles. The molecule has 2 aromatic rings. The molecule has 1 heterocycles. The van der Waals surface area contributed by atoms with Crippen LogP contribution in [0.15, 0.2) is 24.3 Å². The Morgan fingerprint density at radius 3 is 2.71 bits per heavy atom. The van der Waals surface area contributed by atoms with E-state index < -0.39 is 17.6 Å². The number of hydrogen-bond acceptors (Lipinski definition) is 3. The molecule has 0 saturated heterocycles. The van der Waals surface area contributed by atoms with Crippen LogP contribution in [0.5, 0.6) is 0 Å². The van der Waals surface area contributed by atoms with Crippen molar-refractivity contribution in [3.63, 3.8) is 0 Å². The summed E-state index contributed by atoms with van der Waals surface area (Å²) >= 11 is 0. The van der Waals surface area contributed by atoms with Crippen LogP contribution in [0.2, 0.25) is 0 Å². The number of urea groups is 1. The number of aliphatic carboxylic acids is 1. The number of carboxylic acid groups (broad SMARTS) is 1. The Morgan fingerprint density at radius 1 is 1.33 bits per heavy atom. The van der Waals surface area contributed by atoms with Crippen LogP contribution in [0, 0.1) is 6.92 Å². The fourth-order valence-corrected chi connectivity index (χ4v) is 1.86. The van der Waals surface area contributed by atoms with Crippen LogP contribution in [0.4, 0.5) is 10.5 Å². The number of rotatable bonds is 4. The highest BCUT2D eigenvalue weighted by molar-refractivity contribution is 5.93. The van der Waals surface area contributed by atoms with E-state index in [1.165, 1.54) is 0 Å². The Kier molecular flexibility index (Phi) is 3.86. The van der Waals surface area contributed by atoms with Gasteiger partial charge in [-0.05, 0) is 38.1 Å². The first-order valence-corrected chi connectivity index (χ1v) is 6.38. The molecular weight excluding hydrogens is 274 g/mol. The summed E-state index contributed by atoms with van der Waals surface area (Å²) in [5.74, 6) is -1.40. The molecule has 0 saturated carbocycles. The number of fused-ring (bicyclic) bond motifs is 1. The van der Waals surface area contributed by atoms with E-state index >= 15 is 0 Å². The third-order valence-electron chi connectivity index (χ3n) is 3.07. The van der Waals surface area contributed by atoms with Crippen molar-refractivity contribution in [2.45, 2.75) is 19.4 Å². The summed E-state index contributed by atoms with van der Waals surface area (Å²) < 4.78 is 0. The SMILES string of the molecule is Cc1cc2cc(NC(=O)NCC(C)(O)C(=O)O)ccc2[nH]1. The summed E-state index contributed by atoms with van der Waals surface area (Å²) in [5.41, 5.74) is 0.560. The smallest absolute Gasteiger partial charge is 0.337 e. The van der Waals surface area contributed by atoms with Crippen molar-refractivity contribution < 1.29 is 19.8 Å². The number of carbonyl (C=O) groups excluding carboxylic acids is 1. The minimum Gasteiger partial charge on any atom is -0.479 e. The molecule has 7 nitrogen and oxygen atoms in total. The Morgan fingerprint density at radius 2 is 2.05 bits per heavy atom. The number of aromatic amines is 1. The number of benzene rings is 1. The lowest BCUT2D eigenvalue weighted by atomic mass is 10.1. The molecule has 2 amide bonds. The van der Waals surface area contributed by atoms with Crippen molar-refractivity contribution in [2.24, 2.45) is 0 Å². The van der Waals surface area contributed by atoms with E-state index in [2.05, 4.69) is 15.6 Å². The van der Waals surface area contributed by atoms with Gasteiger partial charge in [-0.25, -0.2) is 9.59 Å². The van der Waals surface area contributed by atoms with Crippen LogP contribution in [0.1, 0.15) is 12.6 Å². The van der Waals surface area contributed by atoms with Gasteiger partial charge < -0.3 is 25.8 Å². The van der Waals surface area contributed by atoms with E-state index in [9.17, 15) is 14.7 Å². The van der Waals surface area contributed by atoms with Crippen molar-refractivity contribution in [1.82, 2.24) is 10.3 Å². The van der Waals surface area contributed by atoms with E-state index in [4.69, 9.17) is 5.11 Å². The molecular formula is C14H17N3O4. The molecule has 21 heavy (non-hydrogen) atoms. The molecule has 0 aliphatic rings. The van der Waals surface area contributed by atoms with E-state index in [-0.39, 0.29) is 6.54 Å². The molecule has 0 radical (unpaired) electrons. The van der Waals surface area contributed by atoms with Crippen LogP contribution in [-0.2, 0) is 4.79 Å². The van der Waals surface area contributed by atoms with Gasteiger partial charge in [-0.1, -0.05) is 0 Å². The Balaban J connectivity index is 1.99. The molecule has 0 aliphatic carbocycles. The first-order valence-electron chi connectivity index (χ1n) is 6.38. The van der Waals surface area contributed by atoms with Crippen molar-refractivity contribution in [3.05, 3.63) is 30.0 Å². The number of amides is 2. The summed E-state index contributed by atoms with van der Waals surface area (Å²) in [6.07, 6.45) is 0. The maximum Gasteiger partial charge on any atom is 0.337 e. The van der Waals surface area contributed by atoms with E-state index in [1.54, 1.807) is 12.1 Å². The Labute approximate surface area is 121 Å². The summed E-state index contributed by atoms with van der Waals surface area (Å²) in [6.45, 7) is 2.66. The molecule has 1 aromatic carbocycles. The van der Waals surface area contributed by atoms with Gasteiger partial charge >= 0.3 is 12.0 Å². The predicted octanol–water partition coefficient (Wildman–Crippen LogP) is 1.43. The van der Waals surface area contributed by atoms with Gasteiger partial charge in [0.2, 0.25) is 0 Å². The number of anilines is 1. The molecule has 1 aromatic heterocycles. The minimum atomic E-state index is -2.00. The van der Waals surface area contributed by atoms with Gasteiger partial charge in [0.05, 0.1) is 6.54 Å². The number of H-pyrrole nitrogens is 1. The number of aliphatic hydroxyl groups is 1. The largest absolute Gasteiger partial charge is 0.479 e. The monoisotopic (exact) mass is 291 g/mol. The number of aryl methyl sites for hydroxylation is 1. The number of carboxylic acids is 1. The van der Waals surface area contributed by atoms with Crippen molar-refractivity contribution in [3.8, 4) is 0 Å². The van der Waals surface area contributed by atoms with E-state index in [0.717, 1.165) is 23.5 Å². The van der Waals surface area contributed by atoms with Gasteiger partial charge in [0.1, 0.15) is 0 Å². The summed E-state index contributed by atoms with van der Waals surface area (Å²) in [6, 6.07) is 6.74. The number of hydrogen-bond donors (Lipinski definition) is 5. The average molecular weight is 291 g/mol. The third-order valence-corrected chi connectivity index (χ3v) is 3.07. The van der Waals surface area contributed by atoms with Gasteiger partial charge in [-0.15, -0.1) is 0 Å². The van der Waals surface area contributed by atoms with Gasteiger partial charge in [-0.3, -0.25) is 0 Å². The first-order chi connectivity index (χ1) is 9.78. The Hall–Kier alpha value is -2.54. The standard InChI is InChI=1S/C14H17N3O4/c1-8-5-9-6-10(3-4-11(9)16-8)17-13(20)15-7-14(2,21)12(18)19/h3-6,16,21H,7H2,1-2H3,(H,18,19)(H2,15,17,20). The first kappa shape index (κ1) is 14.9. The second-order valence-corrected chi connectivity index (χ2v) is 5.14. The van der Waals surface area contributed by atoms with Crippen LogP contribution < -0.4 is 10.6 Å². The fraction of sp³-hybridized carbons (Fsp3) is 0.286. The summed E-state index contributed by atoms with van der Waals surface area (Å²) in [5, 5.41) is 24.1. The maximum atomic E-state index is 11.7. The molecule has 2 rings (SSSR count). The Bertz CT molecular complexity index is 691. The fourth-order valence-electron chi connectivity index (χ4n) is 1.86.